The number of rotatable bonds is 7. The van der Waals surface area contributed by atoms with Crippen molar-refractivity contribution in [3.05, 3.63) is 56.8 Å². The second-order valence-corrected chi connectivity index (χ2v) is 10.7. The Hall–Kier alpha value is -1.75. The summed E-state index contributed by atoms with van der Waals surface area (Å²) in [5.74, 6) is -0.493. The summed E-state index contributed by atoms with van der Waals surface area (Å²) >= 11 is 13.8. The summed E-state index contributed by atoms with van der Waals surface area (Å²) in [5, 5.41) is 0.952. The standard InChI is InChI=1S/C20H21Cl2N3O4S2/c1-4-29-10-9-25-18-16(22)11-14(21)12-17(18)30-20(25)23-19(26)13-5-7-15(8-6-13)31(27,28)24(2)3/h5-8,11-12H,4,9-10H2,1-3H3. The molecule has 0 saturated heterocycles. The molecule has 3 aromatic rings. The molecule has 1 amide bonds. The number of carbonyl (C=O) groups excluding carboxylic acids is 1. The van der Waals surface area contributed by atoms with Crippen LogP contribution < -0.4 is 4.80 Å². The molecule has 3 rings (SSSR count). The van der Waals surface area contributed by atoms with E-state index in [4.69, 9.17) is 27.9 Å². The highest BCUT2D eigenvalue weighted by atomic mass is 35.5. The van der Waals surface area contributed by atoms with Crippen LogP contribution in [-0.4, -0.2) is 50.5 Å². The van der Waals surface area contributed by atoms with Gasteiger partial charge in [-0.1, -0.05) is 34.5 Å². The second kappa shape index (κ2) is 9.81. The highest BCUT2D eigenvalue weighted by molar-refractivity contribution is 7.89. The van der Waals surface area contributed by atoms with Gasteiger partial charge >= 0.3 is 0 Å². The molecule has 2 aromatic carbocycles. The van der Waals surface area contributed by atoms with E-state index < -0.39 is 15.9 Å². The maximum absolute atomic E-state index is 12.8. The van der Waals surface area contributed by atoms with Crippen molar-refractivity contribution in [1.29, 1.82) is 0 Å². The number of sulfonamides is 1. The molecule has 0 atom stereocenters. The van der Waals surface area contributed by atoms with Crippen LogP contribution in [0.5, 0.6) is 0 Å². The molecule has 31 heavy (non-hydrogen) atoms. The maximum atomic E-state index is 12.8. The van der Waals surface area contributed by atoms with Crippen LogP contribution in [0.2, 0.25) is 10.0 Å². The van der Waals surface area contributed by atoms with Gasteiger partial charge in [-0.2, -0.15) is 4.99 Å². The average Bonchev–Trinajstić information content (AvgIpc) is 3.05. The van der Waals surface area contributed by atoms with Crippen molar-refractivity contribution in [2.24, 2.45) is 4.99 Å². The summed E-state index contributed by atoms with van der Waals surface area (Å²) in [7, 11) is -0.680. The molecule has 0 fully saturated rings. The van der Waals surface area contributed by atoms with E-state index in [1.54, 1.807) is 12.1 Å². The summed E-state index contributed by atoms with van der Waals surface area (Å²) in [6.45, 7) is 3.36. The van der Waals surface area contributed by atoms with Crippen LogP contribution in [0.1, 0.15) is 17.3 Å². The molecule has 0 radical (unpaired) electrons. The SMILES string of the molecule is CCOCCn1c(=NC(=O)c2ccc(S(=O)(=O)N(C)C)cc2)sc2cc(Cl)cc(Cl)c21. The van der Waals surface area contributed by atoms with Gasteiger partial charge in [0.1, 0.15) is 0 Å². The zero-order valence-corrected chi connectivity index (χ0v) is 20.3. The van der Waals surface area contributed by atoms with Crippen molar-refractivity contribution in [2.75, 3.05) is 27.3 Å². The van der Waals surface area contributed by atoms with Crippen molar-refractivity contribution in [3.8, 4) is 0 Å². The third kappa shape index (κ3) is 5.19. The minimum Gasteiger partial charge on any atom is -0.380 e. The summed E-state index contributed by atoms with van der Waals surface area (Å²) in [6.07, 6.45) is 0. The number of hydrogen-bond acceptors (Lipinski definition) is 5. The molecule has 0 saturated carbocycles. The van der Waals surface area contributed by atoms with Crippen LogP contribution in [0.25, 0.3) is 10.2 Å². The molecule has 0 spiro atoms. The number of amides is 1. The lowest BCUT2D eigenvalue weighted by Gasteiger charge is -2.11. The molecule has 11 heteroatoms. The molecule has 0 aliphatic rings. The third-order valence-electron chi connectivity index (χ3n) is 4.44. The van der Waals surface area contributed by atoms with Gasteiger partial charge in [-0.25, -0.2) is 12.7 Å². The van der Waals surface area contributed by atoms with Crippen molar-refractivity contribution in [1.82, 2.24) is 8.87 Å². The van der Waals surface area contributed by atoms with Gasteiger partial charge in [0.25, 0.3) is 5.91 Å². The van der Waals surface area contributed by atoms with E-state index in [2.05, 4.69) is 4.99 Å². The number of halogens is 2. The summed E-state index contributed by atoms with van der Waals surface area (Å²) in [4.78, 5) is 17.6. The van der Waals surface area contributed by atoms with E-state index in [1.807, 2.05) is 11.5 Å². The Kier molecular flexibility index (Phi) is 7.56. The second-order valence-electron chi connectivity index (χ2n) is 6.70. The van der Waals surface area contributed by atoms with Crippen molar-refractivity contribution >= 4 is 60.7 Å². The molecule has 1 aromatic heterocycles. The number of fused-ring (bicyclic) bond motifs is 1. The number of hydrogen-bond donors (Lipinski definition) is 0. The first-order valence-corrected chi connectivity index (χ1v) is 12.3. The first-order chi connectivity index (χ1) is 14.6. The van der Waals surface area contributed by atoms with Gasteiger partial charge in [-0.05, 0) is 43.3 Å². The normalized spacial score (nSPS) is 12.8. The predicted molar refractivity (Wildman–Crippen MR) is 124 cm³/mol. The van der Waals surface area contributed by atoms with Crippen LogP contribution in [0, 0.1) is 0 Å². The molecule has 0 unspecified atom stereocenters. The Morgan fingerprint density at radius 2 is 1.87 bits per heavy atom. The summed E-state index contributed by atoms with van der Waals surface area (Å²) < 4.78 is 33.6. The number of nitrogens with zero attached hydrogens (tertiary/aromatic N) is 3. The lowest BCUT2D eigenvalue weighted by molar-refractivity contribution is 0.0996. The smallest absolute Gasteiger partial charge is 0.279 e. The van der Waals surface area contributed by atoms with Crippen LogP contribution in [0.15, 0.2) is 46.3 Å². The molecule has 166 valence electrons. The lowest BCUT2D eigenvalue weighted by Crippen LogP contribution is -2.22. The van der Waals surface area contributed by atoms with E-state index >= 15 is 0 Å². The van der Waals surface area contributed by atoms with E-state index in [0.29, 0.717) is 34.6 Å². The fraction of sp³-hybridized carbons (Fsp3) is 0.300. The minimum absolute atomic E-state index is 0.101. The van der Waals surface area contributed by atoms with Crippen LogP contribution in [0.4, 0.5) is 0 Å². The Bertz CT molecular complexity index is 1280. The highest BCUT2D eigenvalue weighted by Crippen LogP contribution is 2.29. The van der Waals surface area contributed by atoms with Gasteiger partial charge < -0.3 is 9.30 Å². The predicted octanol–water partition coefficient (Wildman–Crippen LogP) is 4.04. The fourth-order valence-electron chi connectivity index (χ4n) is 2.85. The van der Waals surface area contributed by atoms with Gasteiger partial charge in [-0.15, -0.1) is 0 Å². The Morgan fingerprint density at radius 3 is 2.48 bits per heavy atom. The zero-order valence-electron chi connectivity index (χ0n) is 17.1. The van der Waals surface area contributed by atoms with Crippen LogP contribution >= 0.6 is 34.5 Å². The number of aromatic nitrogens is 1. The maximum Gasteiger partial charge on any atom is 0.279 e. The molecule has 7 nitrogen and oxygen atoms in total. The molecule has 0 aliphatic carbocycles. The lowest BCUT2D eigenvalue weighted by atomic mass is 10.2. The monoisotopic (exact) mass is 501 g/mol. The number of carbonyl (C=O) groups is 1. The van der Waals surface area contributed by atoms with Crippen molar-refractivity contribution < 1.29 is 17.9 Å². The minimum atomic E-state index is -3.58. The molecule has 0 aliphatic heterocycles. The average molecular weight is 502 g/mol. The van der Waals surface area contributed by atoms with Gasteiger partial charge in [0.05, 0.1) is 26.7 Å². The quantitative estimate of drug-likeness (QED) is 0.457. The number of thiazole rings is 1. The largest absolute Gasteiger partial charge is 0.380 e. The van der Waals surface area contributed by atoms with E-state index in [0.717, 1.165) is 14.5 Å². The molecule has 0 N–H and O–H groups in total. The fourth-order valence-corrected chi connectivity index (χ4v) is 5.59. The number of ether oxygens (including phenoxy) is 1. The highest BCUT2D eigenvalue weighted by Gasteiger charge is 2.18. The zero-order chi connectivity index (χ0) is 22.8. The molecular weight excluding hydrogens is 481 g/mol. The molecule has 0 bridgehead atoms. The van der Waals surface area contributed by atoms with Crippen LogP contribution in [0.3, 0.4) is 0 Å². The summed E-state index contributed by atoms with van der Waals surface area (Å²) in [6, 6.07) is 9.10. The van der Waals surface area contributed by atoms with E-state index in [-0.39, 0.29) is 10.5 Å². The third-order valence-corrected chi connectivity index (χ3v) is 7.80. The Morgan fingerprint density at radius 1 is 1.19 bits per heavy atom. The van der Waals surface area contributed by atoms with Crippen LogP contribution in [-0.2, 0) is 21.3 Å². The Labute approximate surface area is 194 Å². The van der Waals surface area contributed by atoms with Gasteiger partial charge in [-0.3, -0.25) is 4.79 Å². The van der Waals surface area contributed by atoms with E-state index in [1.165, 1.54) is 49.7 Å². The van der Waals surface area contributed by atoms with Crippen molar-refractivity contribution in [2.45, 2.75) is 18.4 Å². The van der Waals surface area contributed by atoms with E-state index in [9.17, 15) is 13.2 Å². The molecular formula is C20H21Cl2N3O4S2. The Balaban J connectivity index is 2.04. The van der Waals surface area contributed by atoms with Gasteiger partial charge in [0, 0.05) is 37.8 Å². The number of benzene rings is 2. The van der Waals surface area contributed by atoms with Gasteiger partial charge in [0.15, 0.2) is 4.80 Å². The molecule has 1 heterocycles. The van der Waals surface area contributed by atoms with Gasteiger partial charge in [0.2, 0.25) is 10.0 Å². The summed E-state index contributed by atoms with van der Waals surface area (Å²) in [5.41, 5.74) is 1.00. The first kappa shape index (κ1) is 23.9. The first-order valence-electron chi connectivity index (χ1n) is 9.33. The topological polar surface area (TPSA) is 81.0 Å². The van der Waals surface area contributed by atoms with Crippen molar-refractivity contribution in [3.63, 3.8) is 0 Å².